The Labute approximate surface area is 154 Å². The highest BCUT2D eigenvalue weighted by Crippen LogP contribution is 2.07. The van der Waals surface area contributed by atoms with Crippen LogP contribution in [0.3, 0.4) is 0 Å². The van der Waals surface area contributed by atoms with Gasteiger partial charge in [0.1, 0.15) is 0 Å². The fraction of sp³-hybridized carbons (Fsp3) is 0.333. The first-order valence-electron chi connectivity index (χ1n) is 8.86. The zero-order valence-electron chi connectivity index (χ0n) is 15.4. The summed E-state index contributed by atoms with van der Waals surface area (Å²) in [5.41, 5.74) is 3.70. The molecule has 0 aliphatic rings. The molecular weight excluding hydrogens is 328 g/mol. The molecule has 2 aromatic rings. The monoisotopic (exact) mass is 354 g/mol. The third-order valence-corrected chi connectivity index (χ3v) is 4.01. The molecule has 2 N–H and O–H groups in total. The van der Waals surface area contributed by atoms with Crippen molar-refractivity contribution in [2.75, 3.05) is 13.2 Å². The van der Waals surface area contributed by atoms with Gasteiger partial charge < -0.3 is 15.4 Å². The molecular formula is C21H26N2O3. The van der Waals surface area contributed by atoms with E-state index in [1.165, 1.54) is 0 Å². The van der Waals surface area contributed by atoms with Crippen LogP contribution in [0.2, 0.25) is 0 Å². The van der Waals surface area contributed by atoms with Gasteiger partial charge in [-0.15, -0.1) is 0 Å². The van der Waals surface area contributed by atoms with Crippen LogP contribution >= 0.6 is 0 Å². The number of carbonyl (C=O) groups excluding carboxylic acids is 2. The van der Waals surface area contributed by atoms with Crippen LogP contribution in [0.1, 0.15) is 40.4 Å². The average molecular weight is 354 g/mol. The Morgan fingerprint density at radius 2 is 1.65 bits per heavy atom. The molecule has 0 heterocycles. The largest absolute Gasteiger partial charge is 0.377 e. The Hall–Kier alpha value is -2.66. The summed E-state index contributed by atoms with van der Waals surface area (Å²) in [6.07, 6.45) is 0.250. The van der Waals surface area contributed by atoms with Gasteiger partial charge in [0.2, 0.25) is 5.91 Å². The van der Waals surface area contributed by atoms with E-state index in [4.69, 9.17) is 4.74 Å². The lowest BCUT2D eigenvalue weighted by Gasteiger charge is -2.09. The van der Waals surface area contributed by atoms with Crippen molar-refractivity contribution in [1.82, 2.24) is 10.6 Å². The summed E-state index contributed by atoms with van der Waals surface area (Å²) in [7, 11) is 0. The Morgan fingerprint density at radius 3 is 2.35 bits per heavy atom. The number of hydrogen-bond acceptors (Lipinski definition) is 3. The number of hydrogen-bond donors (Lipinski definition) is 2. The van der Waals surface area contributed by atoms with Crippen LogP contribution in [0.25, 0.3) is 0 Å². The second-order valence-electron chi connectivity index (χ2n) is 6.05. The van der Waals surface area contributed by atoms with Crippen molar-refractivity contribution in [3.63, 3.8) is 0 Å². The van der Waals surface area contributed by atoms with Crippen LogP contribution in [0.5, 0.6) is 0 Å². The SMILES string of the molecule is CCOCc1ccc(CNC(=O)CCNC(=O)c2ccccc2C)cc1. The smallest absolute Gasteiger partial charge is 0.251 e. The van der Waals surface area contributed by atoms with Gasteiger partial charge in [-0.05, 0) is 36.6 Å². The summed E-state index contributed by atoms with van der Waals surface area (Å²) in [5.74, 6) is -0.241. The zero-order chi connectivity index (χ0) is 18.8. The van der Waals surface area contributed by atoms with Gasteiger partial charge in [-0.25, -0.2) is 0 Å². The third-order valence-electron chi connectivity index (χ3n) is 4.01. The molecule has 2 rings (SSSR count). The molecule has 2 amide bonds. The molecule has 0 bridgehead atoms. The summed E-state index contributed by atoms with van der Waals surface area (Å²) in [5, 5.41) is 5.65. The summed E-state index contributed by atoms with van der Waals surface area (Å²) in [6.45, 7) is 5.93. The Morgan fingerprint density at radius 1 is 0.962 bits per heavy atom. The van der Waals surface area contributed by atoms with E-state index in [0.717, 1.165) is 16.7 Å². The first-order chi connectivity index (χ1) is 12.6. The van der Waals surface area contributed by atoms with E-state index in [0.29, 0.717) is 31.9 Å². The first-order valence-corrected chi connectivity index (χ1v) is 8.86. The molecule has 0 radical (unpaired) electrons. The Kier molecular flexibility index (Phi) is 7.83. The normalized spacial score (nSPS) is 10.4. The minimum Gasteiger partial charge on any atom is -0.377 e. The van der Waals surface area contributed by atoms with Gasteiger partial charge in [-0.1, -0.05) is 42.5 Å². The summed E-state index contributed by atoms with van der Waals surface area (Å²) in [4.78, 5) is 24.0. The average Bonchev–Trinajstić information content (AvgIpc) is 2.65. The maximum atomic E-state index is 12.1. The number of ether oxygens (including phenoxy) is 1. The van der Waals surface area contributed by atoms with Gasteiger partial charge in [0, 0.05) is 31.7 Å². The number of nitrogens with one attached hydrogen (secondary N) is 2. The molecule has 5 nitrogen and oxygen atoms in total. The molecule has 0 saturated heterocycles. The maximum Gasteiger partial charge on any atom is 0.251 e. The van der Waals surface area contributed by atoms with Crippen LogP contribution in [-0.4, -0.2) is 25.0 Å². The molecule has 0 aromatic heterocycles. The molecule has 0 spiro atoms. The minimum absolute atomic E-state index is 0.0894. The molecule has 5 heteroatoms. The van der Waals surface area contributed by atoms with Crippen molar-refractivity contribution < 1.29 is 14.3 Å². The van der Waals surface area contributed by atoms with Crippen molar-refractivity contribution in [1.29, 1.82) is 0 Å². The Balaban J connectivity index is 1.69. The predicted molar refractivity (Wildman–Crippen MR) is 102 cm³/mol. The molecule has 138 valence electrons. The van der Waals surface area contributed by atoms with E-state index in [-0.39, 0.29) is 18.2 Å². The van der Waals surface area contributed by atoms with Crippen LogP contribution in [0.15, 0.2) is 48.5 Å². The molecule has 0 aliphatic carbocycles. The van der Waals surface area contributed by atoms with Crippen molar-refractivity contribution >= 4 is 11.8 Å². The number of aryl methyl sites for hydroxylation is 1. The van der Waals surface area contributed by atoms with Crippen LogP contribution in [0.4, 0.5) is 0 Å². The number of benzene rings is 2. The lowest BCUT2D eigenvalue weighted by atomic mass is 10.1. The van der Waals surface area contributed by atoms with Crippen LogP contribution in [-0.2, 0) is 22.7 Å². The van der Waals surface area contributed by atoms with Crippen molar-refractivity contribution in [3.05, 3.63) is 70.8 Å². The molecule has 0 atom stereocenters. The van der Waals surface area contributed by atoms with Gasteiger partial charge in [0.05, 0.1) is 6.61 Å². The minimum atomic E-state index is -0.152. The highest BCUT2D eigenvalue weighted by Gasteiger charge is 2.08. The fourth-order valence-electron chi connectivity index (χ4n) is 2.47. The molecule has 2 aromatic carbocycles. The van der Waals surface area contributed by atoms with E-state index < -0.39 is 0 Å². The Bertz CT molecular complexity index is 726. The van der Waals surface area contributed by atoms with E-state index in [2.05, 4.69) is 10.6 Å². The van der Waals surface area contributed by atoms with Crippen molar-refractivity contribution in [2.24, 2.45) is 0 Å². The number of carbonyl (C=O) groups is 2. The van der Waals surface area contributed by atoms with E-state index >= 15 is 0 Å². The van der Waals surface area contributed by atoms with Crippen molar-refractivity contribution in [3.8, 4) is 0 Å². The standard InChI is InChI=1S/C21H26N2O3/c1-3-26-15-18-10-8-17(9-11-18)14-23-20(24)12-13-22-21(25)19-7-5-4-6-16(19)2/h4-11H,3,12-15H2,1-2H3,(H,22,25)(H,23,24). The van der Waals surface area contributed by atoms with Gasteiger partial charge in [-0.2, -0.15) is 0 Å². The van der Waals surface area contributed by atoms with E-state index in [1.807, 2.05) is 56.3 Å². The number of amides is 2. The highest BCUT2D eigenvalue weighted by atomic mass is 16.5. The lowest BCUT2D eigenvalue weighted by molar-refractivity contribution is -0.121. The quantitative estimate of drug-likeness (QED) is 0.727. The van der Waals surface area contributed by atoms with Gasteiger partial charge >= 0.3 is 0 Å². The van der Waals surface area contributed by atoms with Gasteiger partial charge in [0.25, 0.3) is 5.91 Å². The molecule has 0 aliphatic heterocycles. The molecule has 0 unspecified atom stereocenters. The van der Waals surface area contributed by atoms with Crippen molar-refractivity contribution in [2.45, 2.75) is 33.4 Å². The molecule has 26 heavy (non-hydrogen) atoms. The van der Waals surface area contributed by atoms with E-state index in [1.54, 1.807) is 6.07 Å². The zero-order valence-corrected chi connectivity index (χ0v) is 15.4. The van der Waals surface area contributed by atoms with Crippen LogP contribution < -0.4 is 10.6 Å². The van der Waals surface area contributed by atoms with Gasteiger partial charge in [0.15, 0.2) is 0 Å². The third kappa shape index (κ3) is 6.33. The molecule has 0 fully saturated rings. The topological polar surface area (TPSA) is 67.4 Å². The van der Waals surface area contributed by atoms with E-state index in [9.17, 15) is 9.59 Å². The summed E-state index contributed by atoms with van der Waals surface area (Å²) < 4.78 is 5.36. The highest BCUT2D eigenvalue weighted by molar-refractivity contribution is 5.95. The second-order valence-corrected chi connectivity index (χ2v) is 6.05. The molecule has 0 saturated carbocycles. The van der Waals surface area contributed by atoms with Gasteiger partial charge in [-0.3, -0.25) is 9.59 Å². The lowest BCUT2D eigenvalue weighted by Crippen LogP contribution is -2.30. The maximum absolute atomic E-state index is 12.1. The summed E-state index contributed by atoms with van der Waals surface area (Å²) >= 11 is 0. The second kappa shape index (κ2) is 10.4. The van der Waals surface area contributed by atoms with Crippen LogP contribution in [0, 0.1) is 6.92 Å². The first kappa shape index (κ1) is 19.7. The predicted octanol–water partition coefficient (Wildman–Crippen LogP) is 2.97. The number of rotatable bonds is 9. The fourth-order valence-corrected chi connectivity index (χ4v) is 2.47. The summed E-state index contributed by atoms with van der Waals surface area (Å²) in [6, 6.07) is 15.3.